The van der Waals surface area contributed by atoms with Crippen LogP contribution < -0.4 is 11.1 Å². The van der Waals surface area contributed by atoms with Gasteiger partial charge in [0.2, 0.25) is 5.82 Å². The molecule has 0 aliphatic carbocycles. The monoisotopic (exact) mass is 461 g/mol. The van der Waals surface area contributed by atoms with E-state index in [2.05, 4.69) is 36.6 Å². The van der Waals surface area contributed by atoms with Crippen molar-refractivity contribution >= 4 is 66.6 Å². The fourth-order valence-electron chi connectivity index (χ4n) is 2.77. The van der Waals surface area contributed by atoms with E-state index in [1.807, 2.05) is 0 Å². The molecule has 1 aromatic carbocycles. The topological polar surface area (TPSA) is 123 Å². The molecular weight excluding hydrogens is 450 g/mol. The molecule has 0 spiro atoms. The van der Waals surface area contributed by atoms with Crippen LogP contribution in [0.3, 0.4) is 0 Å². The minimum Gasteiger partial charge on any atom is -0.382 e. The average molecular weight is 462 g/mol. The Bertz CT molecular complexity index is 1030. The third-order valence-electron chi connectivity index (χ3n) is 4.24. The quantitative estimate of drug-likeness (QED) is 0.386. The molecule has 8 nitrogen and oxygen atoms in total. The Labute approximate surface area is 173 Å². The summed E-state index contributed by atoms with van der Waals surface area (Å²) in [5.74, 6) is -0.380. The van der Waals surface area contributed by atoms with Crippen molar-refractivity contribution < 1.29 is 17.4 Å². The lowest BCUT2D eigenvalue weighted by atomic mass is 9.65. The van der Waals surface area contributed by atoms with E-state index in [0.717, 1.165) is 0 Å². The lowest BCUT2D eigenvalue weighted by Gasteiger charge is -2.40. The summed E-state index contributed by atoms with van der Waals surface area (Å²) in [5.41, 5.74) is 6.41. The Morgan fingerprint density at radius 1 is 1.43 bits per heavy atom. The third kappa shape index (κ3) is 3.98. The second kappa shape index (κ2) is 7.55. The van der Waals surface area contributed by atoms with E-state index < -0.39 is 31.4 Å². The SMILES string of the molecule is [B]C1CC(Nc2nonc2C(N)=Nc2ccc(F)c(Br)c2)CC([B])([B])S1(=O)=O. The molecule has 0 amide bonds. The molecule has 6 radical (unpaired) electrons. The van der Waals surface area contributed by atoms with Crippen LogP contribution in [0.4, 0.5) is 15.9 Å². The minimum absolute atomic E-state index is 0.0484. The normalized spacial score (nSPS) is 24.0. The zero-order valence-electron chi connectivity index (χ0n) is 14.3. The summed E-state index contributed by atoms with van der Waals surface area (Å²) >= 11 is 3.06. The number of nitrogens with zero attached hydrogens (tertiary/aromatic N) is 3. The highest BCUT2D eigenvalue weighted by molar-refractivity contribution is 9.10. The van der Waals surface area contributed by atoms with Crippen molar-refractivity contribution in [1.29, 1.82) is 0 Å². The first kappa shape index (κ1) is 20.9. The van der Waals surface area contributed by atoms with E-state index in [1.54, 1.807) is 0 Å². The number of sulfone groups is 1. The van der Waals surface area contributed by atoms with Crippen LogP contribution >= 0.6 is 15.9 Å². The Morgan fingerprint density at radius 3 is 2.79 bits per heavy atom. The summed E-state index contributed by atoms with van der Waals surface area (Å²) in [5, 5.41) is 9.12. The Morgan fingerprint density at radius 2 is 2.14 bits per heavy atom. The second-order valence-electron chi connectivity index (χ2n) is 6.38. The van der Waals surface area contributed by atoms with Crippen LogP contribution in [0.5, 0.6) is 0 Å². The molecule has 0 bridgehead atoms. The number of hydrogen-bond acceptors (Lipinski definition) is 7. The van der Waals surface area contributed by atoms with Gasteiger partial charge in [-0.2, -0.15) is 0 Å². The van der Waals surface area contributed by atoms with Crippen LogP contribution in [-0.2, 0) is 9.84 Å². The van der Waals surface area contributed by atoms with Crippen molar-refractivity contribution in [3.63, 3.8) is 0 Å². The lowest BCUT2D eigenvalue weighted by Crippen LogP contribution is -2.55. The van der Waals surface area contributed by atoms with Gasteiger partial charge in [-0.1, -0.05) is 0 Å². The van der Waals surface area contributed by atoms with E-state index in [4.69, 9.17) is 33.9 Å². The zero-order chi connectivity index (χ0) is 20.7. The molecule has 3 rings (SSSR count). The number of nitrogens with one attached hydrogen (secondary N) is 1. The van der Waals surface area contributed by atoms with Crippen LogP contribution in [0, 0.1) is 5.82 Å². The number of rotatable bonds is 4. The van der Waals surface area contributed by atoms with Crippen LogP contribution in [0.15, 0.2) is 32.3 Å². The summed E-state index contributed by atoms with van der Waals surface area (Å²) in [6.45, 7) is 0. The fraction of sp³-hybridized carbons (Fsp3) is 0.357. The summed E-state index contributed by atoms with van der Waals surface area (Å²) in [6, 6.07) is 3.57. The maximum atomic E-state index is 13.3. The van der Waals surface area contributed by atoms with Crippen molar-refractivity contribution in [2.24, 2.45) is 10.7 Å². The van der Waals surface area contributed by atoms with E-state index in [1.165, 1.54) is 18.2 Å². The van der Waals surface area contributed by atoms with E-state index in [0.29, 0.717) is 5.69 Å². The van der Waals surface area contributed by atoms with Crippen molar-refractivity contribution in [2.75, 3.05) is 5.32 Å². The number of benzene rings is 1. The van der Waals surface area contributed by atoms with Crippen molar-refractivity contribution in [1.82, 2.24) is 10.3 Å². The van der Waals surface area contributed by atoms with Crippen molar-refractivity contribution in [2.45, 2.75) is 28.6 Å². The molecule has 0 saturated carbocycles. The molecule has 1 aromatic heterocycles. The van der Waals surface area contributed by atoms with Gasteiger partial charge in [0.05, 0.1) is 33.7 Å². The molecule has 1 saturated heterocycles. The molecule has 1 fully saturated rings. The molecule has 1 aliphatic heterocycles. The van der Waals surface area contributed by atoms with Crippen molar-refractivity contribution in [3.05, 3.63) is 34.2 Å². The number of aliphatic imine (C=N–C) groups is 1. The maximum Gasteiger partial charge on any atom is 0.202 e. The second-order valence-corrected chi connectivity index (χ2v) is 9.69. The first-order valence-electron chi connectivity index (χ1n) is 7.97. The summed E-state index contributed by atoms with van der Waals surface area (Å²) < 4.78 is 40.5. The van der Waals surface area contributed by atoms with Gasteiger partial charge in [-0.05, 0) is 61.8 Å². The highest BCUT2D eigenvalue weighted by atomic mass is 79.9. The molecule has 1 aliphatic rings. The minimum atomic E-state index is -3.88. The first-order valence-corrected chi connectivity index (χ1v) is 10.3. The van der Waals surface area contributed by atoms with Gasteiger partial charge in [0, 0.05) is 11.2 Å². The van der Waals surface area contributed by atoms with Gasteiger partial charge in [-0.15, -0.1) is 0 Å². The highest BCUT2D eigenvalue weighted by Gasteiger charge is 2.44. The summed E-state index contributed by atoms with van der Waals surface area (Å²) in [7, 11) is 13.3. The zero-order valence-corrected chi connectivity index (χ0v) is 16.7. The first-order chi connectivity index (χ1) is 13.0. The number of nitrogens with two attached hydrogens (primary N) is 1. The number of amidine groups is 1. The number of aromatic nitrogens is 2. The number of anilines is 1. The van der Waals surface area contributed by atoms with Gasteiger partial charge in [0.25, 0.3) is 0 Å². The van der Waals surface area contributed by atoms with Gasteiger partial charge >= 0.3 is 0 Å². The Kier molecular flexibility index (Phi) is 5.63. The summed E-state index contributed by atoms with van der Waals surface area (Å²) in [6.07, 6.45) is -0.0654. The smallest absolute Gasteiger partial charge is 0.202 e. The summed E-state index contributed by atoms with van der Waals surface area (Å²) in [4.78, 5) is 4.15. The highest BCUT2D eigenvalue weighted by Crippen LogP contribution is 2.31. The molecule has 3 N–H and O–H groups in total. The van der Waals surface area contributed by atoms with E-state index >= 15 is 0 Å². The molecule has 2 aromatic rings. The van der Waals surface area contributed by atoms with Crippen LogP contribution in [0.2, 0.25) is 0 Å². The standard InChI is InChI=1S/C14H12B3BrFN5O3S/c15-10-4-7(5-14(16,17)28(10,25)26)22-13-11(23-27-24-13)12(20)21-6-1-2-9(19)8(18)3-6/h1-3,7,10H,4-5H2,(H2,20,21)(H,22,24). The van der Waals surface area contributed by atoms with Crippen LogP contribution in [0.1, 0.15) is 18.5 Å². The molecule has 28 heavy (non-hydrogen) atoms. The fourth-order valence-corrected chi connectivity index (χ4v) is 4.62. The van der Waals surface area contributed by atoms with Gasteiger partial charge in [0.1, 0.15) is 15.7 Å². The van der Waals surface area contributed by atoms with Crippen LogP contribution in [-0.4, -0.2) is 63.8 Å². The predicted molar refractivity (Wildman–Crippen MR) is 108 cm³/mol. The molecular formula is C14H12B3BrFN5O3S. The Balaban J connectivity index is 1.82. The maximum absolute atomic E-state index is 13.3. The molecule has 140 valence electrons. The predicted octanol–water partition coefficient (Wildman–Crippen LogP) is 0.483. The van der Waals surface area contributed by atoms with Gasteiger partial charge in [-0.3, -0.25) is 0 Å². The van der Waals surface area contributed by atoms with E-state index in [-0.39, 0.29) is 34.7 Å². The molecule has 2 atom stereocenters. The number of halogens is 2. The molecule has 14 heteroatoms. The Hall–Kier alpha value is -1.82. The van der Waals surface area contributed by atoms with Crippen LogP contribution in [0.25, 0.3) is 0 Å². The van der Waals surface area contributed by atoms with Crippen molar-refractivity contribution in [3.8, 4) is 0 Å². The van der Waals surface area contributed by atoms with Gasteiger partial charge in [-0.25, -0.2) is 22.4 Å². The molecule has 2 unspecified atom stereocenters. The largest absolute Gasteiger partial charge is 0.382 e. The van der Waals surface area contributed by atoms with Gasteiger partial charge in [0.15, 0.2) is 11.5 Å². The number of hydrogen-bond donors (Lipinski definition) is 2. The lowest BCUT2D eigenvalue weighted by molar-refractivity contribution is 0.307. The van der Waals surface area contributed by atoms with E-state index in [9.17, 15) is 12.8 Å². The van der Waals surface area contributed by atoms with Gasteiger partial charge < -0.3 is 11.1 Å². The molecule has 2 heterocycles. The third-order valence-corrected chi connectivity index (χ3v) is 7.06. The average Bonchev–Trinajstić information content (AvgIpc) is 3.04.